The van der Waals surface area contributed by atoms with Crippen molar-refractivity contribution in [2.75, 3.05) is 37.7 Å². The van der Waals surface area contributed by atoms with Crippen LogP contribution in [0.1, 0.15) is 31.2 Å². The van der Waals surface area contributed by atoms with E-state index in [-0.39, 0.29) is 30.5 Å². The molecule has 2 saturated heterocycles. The summed E-state index contributed by atoms with van der Waals surface area (Å²) in [6.45, 7) is 3.33. The number of nitrogens with one attached hydrogen (secondary N) is 2. The van der Waals surface area contributed by atoms with Crippen LogP contribution in [0.2, 0.25) is 0 Å². The van der Waals surface area contributed by atoms with Crippen LogP contribution in [0, 0.1) is 5.82 Å². The predicted octanol–water partition coefficient (Wildman–Crippen LogP) is 1.17. The van der Waals surface area contributed by atoms with Gasteiger partial charge in [-0.15, -0.1) is 0 Å². The van der Waals surface area contributed by atoms with Gasteiger partial charge in [0.05, 0.1) is 24.4 Å². The molecule has 1 aromatic rings. The van der Waals surface area contributed by atoms with Gasteiger partial charge in [0, 0.05) is 32.8 Å². The molecular weight excluding hydrogens is 337 g/mol. The van der Waals surface area contributed by atoms with Crippen LogP contribution in [-0.2, 0) is 16.1 Å². The number of rotatable bonds is 7. The van der Waals surface area contributed by atoms with Crippen molar-refractivity contribution in [3.05, 3.63) is 29.6 Å². The Morgan fingerprint density at radius 3 is 2.81 bits per heavy atom. The third-order valence-corrected chi connectivity index (χ3v) is 4.99. The normalized spacial score (nSPS) is 21.2. The molecule has 1 aromatic carbocycles. The zero-order valence-corrected chi connectivity index (χ0v) is 15.0. The van der Waals surface area contributed by atoms with Gasteiger partial charge in [-0.3, -0.25) is 4.79 Å². The molecule has 1 amide bonds. The minimum absolute atomic E-state index is 0.113. The van der Waals surface area contributed by atoms with Crippen molar-refractivity contribution in [3.63, 3.8) is 0 Å². The summed E-state index contributed by atoms with van der Waals surface area (Å²) in [5.41, 5.74) is 1.29. The number of hydrogen-bond donors (Lipinski definition) is 3. The molecule has 2 fully saturated rings. The van der Waals surface area contributed by atoms with Crippen LogP contribution in [0.15, 0.2) is 18.2 Å². The zero-order valence-electron chi connectivity index (χ0n) is 15.0. The Morgan fingerprint density at radius 2 is 2.12 bits per heavy atom. The van der Waals surface area contributed by atoms with E-state index in [1.165, 1.54) is 6.07 Å². The Hall–Kier alpha value is -1.70. The van der Waals surface area contributed by atoms with E-state index in [9.17, 15) is 14.3 Å². The monoisotopic (exact) mass is 365 g/mol. The lowest BCUT2D eigenvalue weighted by atomic mass is 10.1. The van der Waals surface area contributed by atoms with Gasteiger partial charge in [-0.05, 0) is 43.4 Å². The molecule has 0 aromatic heterocycles. The number of ether oxygens (including phenoxy) is 1. The highest BCUT2D eigenvalue weighted by atomic mass is 19.1. The van der Waals surface area contributed by atoms with Gasteiger partial charge in [0.1, 0.15) is 5.82 Å². The van der Waals surface area contributed by atoms with E-state index in [0.29, 0.717) is 44.7 Å². The summed E-state index contributed by atoms with van der Waals surface area (Å²) in [6.07, 6.45) is 3.37. The topological polar surface area (TPSA) is 73.8 Å². The molecule has 3 rings (SSSR count). The second-order valence-corrected chi connectivity index (χ2v) is 7.05. The fourth-order valence-electron chi connectivity index (χ4n) is 3.44. The summed E-state index contributed by atoms with van der Waals surface area (Å²) in [7, 11) is 0. The van der Waals surface area contributed by atoms with Crippen LogP contribution < -0.4 is 15.5 Å². The van der Waals surface area contributed by atoms with Gasteiger partial charge in [-0.2, -0.15) is 0 Å². The molecule has 26 heavy (non-hydrogen) atoms. The summed E-state index contributed by atoms with van der Waals surface area (Å²) in [6, 6.07) is 5.06. The summed E-state index contributed by atoms with van der Waals surface area (Å²) in [5.74, 6) is -0.401. The third-order valence-electron chi connectivity index (χ3n) is 4.99. The van der Waals surface area contributed by atoms with E-state index in [0.717, 1.165) is 25.0 Å². The minimum atomic E-state index is -0.287. The number of carbonyl (C=O) groups excluding carboxylic acids is 1. The molecule has 1 atom stereocenters. The van der Waals surface area contributed by atoms with Gasteiger partial charge >= 0.3 is 0 Å². The fourth-order valence-corrected chi connectivity index (χ4v) is 3.44. The lowest BCUT2D eigenvalue weighted by Crippen LogP contribution is -2.37. The van der Waals surface area contributed by atoms with E-state index >= 15 is 0 Å². The van der Waals surface area contributed by atoms with Crippen molar-refractivity contribution >= 4 is 11.6 Å². The number of nitrogens with zero attached hydrogens (tertiary/aromatic N) is 1. The lowest BCUT2D eigenvalue weighted by Gasteiger charge is -2.31. The zero-order chi connectivity index (χ0) is 18.4. The first kappa shape index (κ1) is 19.1. The Bertz CT molecular complexity index is 600. The molecule has 0 aliphatic carbocycles. The number of benzene rings is 1. The van der Waals surface area contributed by atoms with Gasteiger partial charge in [0.15, 0.2) is 0 Å². The van der Waals surface area contributed by atoms with Crippen LogP contribution in [0.3, 0.4) is 0 Å². The maximum Gasteiger partial charge on any atom is 0.234 e. The Labute approximate surface area is 153 Å². The second kappa shape index (κ2) is 9.30. The molecule has 2 heterocycles. The van der Waals surface area contributed by atoms with Gasteiger partial charge in [0.2, 0.25) is 5.91 Å². The van der Waals surface area contributed by atoms with E-state index in [1.54, 1.807) is 6.07 Å². The molecule has 2 aliphatic rings. The van der Waals surface area contributed by atoms with E-state index in [2.05, 4.69) is 10.6 Å². The van der Waals surface area contributed by atoms with Crippen molar-refractivity contribution in [1.29, 1.82) is 0 Å². The lowest BCUT2D eigenvalue weighted by molar-refractivity contribution is -0.120. The summed E-state index contributed by atoms with van der Waals surface area (Å²) >= 11 is 0. The first-order chi connectivity index (χ1) is 12.6. The van der Waals surface area contributed by atoms with E-state index in [4.69, 9.17) is 4.74 Å². The number of carbonyl (C=O) groups is 1. The van der Waals surface area contributed by atoms with Crippen LogP contribution in [0.5, 0.6) is 0 Å². The Balaban J connectivity index is 1.41. The maximum absolute atomic E-state index is 14.4. The van der Waals surface area contributed by atoms with Crippen molar-refractivity contribution in [1.82, 2.24) is 10.6 Å². The number of amides is 1. The smallest absolute Gasteiger partial charge is 0.234 e. The average Bonchev–Trinajstić information content (AvgIpc) is 3.14. The van der Waals surface area contributed by atoms with Crippen molar-refractivity contribution in [2.24, 2.45) is 0 Å². The molecule has 144 valence electrons. The van der Waals surface area contributed by atoms with Crippen LogP contribution in [-0.4, -0.2) is 56.0 Å². The summed E-state index contributed by atoms with van der Waals surface area (Å²) in [5, 5.41) is 15.5. The van der Waals surface area contributed by atoms with Gasteiger partial charge < -0.3 is 25.4 Å². The molecule has 0 bridgehead atoms. The van der Waals surface area contributed by atoms with Crippen LogP contribution in [0.4, 0.5) is 10.1 Å². The van der Waals surface area contributed by atoms with Crippen molar-refractivity contribution < 1.29 is 19.0 Å². The molecule has 3 N–H and O–H groups in total. The van der Waals surface area contributed by atoms with Gasteiger partial charge in [0.25, 0.3) is 0 Å². The van der Waals surface area contributed by atoms with Crippen molar-refractivity contribution in [3.8, 4) is 0 Å². The summed E-state index contributed by atoms with van der Waals surface area (Å²) in [4.78, 5) is 13.8. The molecule has 0 spiro atoms. The highest BCUT2D eigenvalue weighted by Gasteiger charge is 2.20. The highest BCUT2D eigenvalue weighted by Crippen LogP contribution is 2.24. The van der Waals surface area contributed by atoms with E-state index in [1.807, 2.05) is 11.0 Å². The largest absolute Gasteiger partial charge is 0.393 e. The van der Waals surface area contributed by atoms with Crippen molar-refractivity contribution in [2.45, 2.75) is 44.4 Å². The Kier molecular flexibility index (Phi) is 6.82. The molecule has 0 radical (unpaired) electrons. The number of anilines is 1. The minimum Gasteiger partial charge on any atom is -0.393 e. The molecule has 6 nitrogen and oxygen atoms in total. The SMILES string of the molecule is O=C(CNC[C@H]1CCCO1)NCc1ccc(N2CCC(O)CC2)c(F)c1. The van der Waals surface area contributed by atoms with Crippen LogP contribution >= 0.6 is 0 Å². The summed E-state index contributed by atoms with van der Waals surface area (Å²) < 4.78 is 19.9. The molecule has 0 unspecified atom stereocenters. The molecule has 0 saturated carbocycles. The average molecular weight is 365 g/mol. The van der Waals surface area contributed by atoms with Crippen LogP contribution in [0.25, 0.3) is 0 Å². The third kappa shape index (κ3) is 5.40. The quantitative estimate of drug-likeness (QED) is 0.677. The molecular formula is C19H28FN3O3. The Morgan fingerprint density at radius 1 is 1.31 bits per heavy atom. The standard InChI is InChI=1S/C19H28FN3O3/c20-17-10-14(3-4-18(17)23-7-5-15(24)6-8-23)11-22-19(25)13-21-12-16-2-1-9-26-16/h3-4,10,15-16,21,24H,1-2,5-9,11-13H2,(H,22,25)/t16-/m1/s1. The second-order valence-electron chi connectivity index (χ2n) is 7.05. The predicted molar refractivity (Wildman–Crippen MR) is 97.5 cm³/mol. The highest BCUT2D eigenvalue weighted by molar-refractivity contribution is 5.78. The van der Waals surface area contributed by atoms with Gasteiger partial charge in [-0.25, -0.2) is 4.39 Å². The molecule has 7 heteroatoms. The van der Waals surface area contributed by atoms with E-state index < -0.39 is 0 Å². The van der Waals surface area contributed by atoms with Gasteiger partial charge in [-0.1, -0.05) is 6.07 Å². The number of hydrogen-bond acceptors (Lipinski definition) is 5. The first-order valence-electron chi connectivity index (χ1n) is 9.42. The maximum atomic E-state index is 14.4. The number of aliphatic hydroxyl groups excluding tert-OH is 1. The first-order valence-corrected chi connectivity index (χ1v) is 9.42. The number of halogens is 1. The number of piperidine rings is 1. The number of aliphatic hydroxyl groups is 1. The molecule has 2 aliphatic heterocycles. The fraction of sp³-hybridized carbons (Fsp3) is 0.632.